The lowest BCUT2D eigenvalue weighted by atomic mass is 9.89. The number of fused-ring (bicyclic) bond motifs is 1. The van der Waals surface area contributed by atoms with Crippen LogP contribution in [0.25, 0.3) is 22.0 Å². The highest BCUT2D eigenvalue weighted by Gasteiger charge is 2.34. The number of pyridine rings is 1. The second-order valence-corrected chi connectivity index (χ2v) is 22.8. The van der Waals surface area contributed by atoms with Crippen LogP contribution in [0, 0.1) is 11.6 Å². The zero-order chi connectivity index (χ0) is 48.6. The van der Waals surface area contributed by atoms with E-state index in [-0.39, 0.29) is 24.5 Å². The summed E-state index contributed by atoms with van der Waals surface area (Å²) in [6, 6.07) is 15.0. The zero-order valence-corrected chi connectivity index (χ0v) is 41.9. The van der Waals surface area contributed by atoms with E-state index in [9.17, 15) is 14.2 Å². The smallest absolute Gasteiger partial charge is 0.234 e. The molecule has 69 heavy (non-hydrogen) atoms. The zero-order valence-electron chi connectivity index (χ0n) is 39.4. The van der Waals surface area contributed by atoms with E-state index in [0.717, 1.165) is 79.8 Å². The first-order chi connectivity index (χ1) is 33.1. The number of hydrogen-bond acceptors (Lipinski definition) is 13. The van der Waals surface area contributed by atoms with Crippen LogP contribution >= 0.6 is 23.1 Å². The van der Waals surface area contributed by atoms with Crippen molar-refractivity contribution in [1.82, 2.24) is 39.8 Å². The second-order valence-electron chi connectivity index (χ2n) is 18.8. The Morgan fingerprint density at radius 2 is 1.65 bits per heavy atom. The van der Waals surface area contributed by atoms with E-state index in [4.69, 9.17) is 9.72 Å². The number of halogens is 3. The average Bonchev–Trinajstić information content (AvgIpc) is 3.75. The van der Waals surface area contributed by atoms with Gasteiger partial charge in [-0.2, -0.15) is 10.1 Å². The second kappa shape index (κ2) is 20.3. The minimum atomic E-state index is -2.76. The molecule has 362 valence electrons. The number of nitrogens with one attached hydrogen (secondary N) is 3. The van der Waals surface area contributed by atoms with Crippen LogP contribution in [-0.2, 0) is 27.6 Å². The van der Waals surface area contributed by atoms with E-state index < -0.39 is 36.5 Å². The molecule has 0 spiro atoms. The molecule has 3 fully saturated rings. The molecule has 0 saturated carbocycles. The van der Waals surface area contributed by atoms with Gasteiger partial charge in [0.2, 0.25) is 17.8 Å². The number of amides is 2. The number of nitrogens with zero attached hydrogens (tertiary/aromatic N) is 8. The molecule has 3 aromatic heterocycles. The average molecular weight is 1020 g/mol. The van der Waals surface area contributed by atoms with E-state index in [1.165, 1.54) is 12.1 Å². The largest absolute Gasteiger partial charge is 0.489 e. The molecule has 9 rings (SSSR count). The van der Waals surface area contributed by atoms with Crippen LogP contribution in [0.1, 0.15) is 56.6 Å². The van der Waals surface area contributed by atoms with Gasteiger partial charge in [0.15, 0.2) is 0 Å². The Hall–Kier alpha value is -5.81. The van der Waals surface area contributed by atoms with Gasteiger partial charge in [-0.15, -0.1) is 0 Å². The molecule has 15 nitrogen and oxygen atoms in total. The monoisotopic (exact) mass is 1020 g/mol. The Balaban J connectivity index is 0.876. The minimum Gasteiger partial charge on any atom is -0.489 e. The van der Waals surface area contributed by atoms with Crippen molar-refractivity contribution in [3.05, 3.63) is 101 Å². The third-order valence-corrected chi connectivity index (χ3v) is 15.3. The number of para-hydroxylation sites is 1. The van der Waals surface area contributed by atoms with Crippen LogP contribution in [0.15, 0.2) is 77.8 Å². The fraction of sp³-hybridized carbons (Fsp3) is 0.400. The van der Waals surface area contributed by atoms with E-state index in [0.29, 0.717) is 63.2 Å². The number of carbonyl (C=O) groups excluding carboxylic acids is 2. The maximum Gasteiger partial charge on any atom is 0.234 e. The quantitative estimate of drug-likeness (QED) is 0.0706. The molecule has 0 radical (unpaired) electrons. The molecule has 3 aliphatic heterocycles. The number of hydrogen-bond donors (Lipinski definition) is 3. The predicted octanol–water partition coefficient (Wildman–Crippen LogP) is 8.34. The molecule has 2 amide bonds. The Bertz CT molecular complexity index is 2930. The topological polar surface area (TPSA) is 163 Å². The number of imide groups is 1. The number of aryl methyl sites for hydroxylation is 1. The number of anilines is 5. The molecule has 6 heterocycles. The van der Waals surface area contributed by atoms with Crippen molar-refractivity contribution in [3.63, 3.8) is 0 Å². The molecule has 0 aliphatic carbocycles. The molecule has 3 saturated heterocycles. The lowest BCUT2D eigenvalue weighted by Crippen LogP contribution is -2.53. The SMILES string of the molecule is CC(C)Oc1cc(N2CCC(N3CCN(CCc4cc(F)c([C@H]5CCC(=O)NC5=O)c(F)c4)CC3)CC2)c(-c2cnn(C)c2)cc1Nc1ncc(Br)c(Nc2cnc3ccccc3c2P(C)(C)=O)n1. The number of aromatic nitrogens is 5. The number of piperidine rings is 2. The number of benzene rings is 3. The van der Waals surface area contributed by atoms with Crippen molar-refractivity contribution in [1.29, 1.82) is 0 Å². The summed E-state index contributed by atoms with van der Waals surface area (Å²) in [4.78, 5) is 45.4. The van der Waals surface area contributed by atoms with Crippen LogP contribution in [0.4, 0.5) is 37.6 Å². The van der Waals surface area contributed by atoms with Crippen molar-refractivity contribution in [2.24, 2.45) is 7.05 Å². The van der Waals surface area contributed by atoms with Crippen LogP contribution in [0.5, 0.6) is 5.75 Å². The van der Waals surface area contributed by atoms with Gasteiger partial charge in [0.25, 0.3) is 0 Å². The maximum absolute atomic E-state index is 15.2. The Morgan fingerprint density at radius 3 is 2.33 bits per heavy atom. The first-order valence-electron chi connectivity index (χ1n) is 23.4. The van der Waals surface area contributed by atoms with Gasteiger partial charge in [0, 0.05) is 117 Å². The summed E-state index contributed by atoms with van der Waals surface area (Å²) in [5.74, 6) is -2.10. The third-order valence-electron chi connectivity index (χ3n) is 13.2. The lowest BCUT2D eigenvalue weighted by Gasteiger charge is -2.43. The lowest BCUT2D eigenvalue weighted by molar-refractivity contribution is -0.134. The highest BCUT2D eigenvalue weighted by Crippen LogP contribution is 2.44. The summed E-state index contributed by atoms with van der Waals surface area (Å²) in [5, 5.41) is 15.1. The number of rotatable bonds is 14. The van der Waals surface area contributed by atoms with Gasteiger partial charge < -0.3 is 29.7 Å². The van der Waals surface area contributed by atoms with Gasteiger partial charge in [-0.3, -0.25) is 29.5 Å². The van der Waals surface area contributed by atoms with Crippen molar-refractivity contribution < 1.29 is 27.7 Å². The molecule has 0 bridgehead atoms. The van der Waals surface area contributed by atoms with Gasteiger partial charge in [-0.05, 0) is 98.6 Å². The Labute approximate surface area is 408 Å². The van der Waals surface area contributed by atoms with Crippen LogP contribution in [0.3, 0.4) is 0 Å². The molecular formula is C50H57BrF2N11O4P. The normalized spacial score (nSPS) is 17.7. The first-order valence-corrected chi connectivity index (χ1v) is 26.8. The van der Waals surface area contributed by atoms with Crippen LogP contribution < -0.4 is 30.9 Å². The summed E-state index contributed by atoms with van der Waals surface area (Å²) >= 11 is 3.62. The van der Waals surface area contributed by atoms with Gasteiger partial charge in [0.05, 0.1) is 45.8 Å². The van der Waals surface area contributed by atoms with Crippen molar-refractivity contribution in [2.45, 2.75) is 64.0 Å². The van der Waals surface area contributed by atoms with E-state index in [1.54, 1.807) is 30.4 Å². The molecule has 3 aliphatic rings. The summed E-state index contributed by atoms with van der Waals surface area (Å²) < 4.78 is 53.0. The van der Waals surface area contributed by atoms with Crippen molar-refractivity contribution in [2.75, 3.05) is 74.7 Å². The number of piperazine rings is 1. The van der Waals surface area contributed by atoms with Crippen LogP contribution in [0.2, 0.25) is 0 Å². The summed E-state index contributed by atoms with van der Waals surface area (Å²) in [6.45, 7) is 13.4. The number of carbonyl (C=O) groups is 2. The summed E-state index contributed by atoms with van der Waals surface area (Å²) in [5.41, 5.74) is 5.34. The minimum absolute atomic E-state index is 0.0573. The fourth-order valence-corrected chi connectivity index (χ4v) is 11.6. The number of ether oxygens (including phenoxy) is 1. The molecule has 6 aromatic rings. The van der Waals surface area contributed by atoms with E-state index >= 15 is 8.78 Å². The molecule has 0 unspecified atom stereocenters. The fourth-order valence-electron chi connectivity index (χ4n) is 9.83. The van der Waals surface area contributed by atoms with Crippen molar-refractivity contribution in [3.8, 4) is 16.9 Å². The molecule has 3 N–H and O–H groups in total. The standard InChI is InChI=1S/C50H57BrF2N11O4P/c1-30(2)68-44-25-43(64-16-13-33(14-17-64)63-20-18-62(19-21-63)15-12-31-22-38(52)46(39(53)23-31)35-10-11-45(65)59-49(35)66)36(32-26-56-61(3)29-32)24-41(44)58-50-55-27-37(51)48(60-50)57-42-28-54-40-9-7-6-8-34(40)47(42)69(4,5)67/h6-9,22-30,33,35H,10-21H2,1-5H3,(H,59,65,66)(H2,55,57,58,60)/t35-/m1/s1. The Morgan fingerprint density at radius 1 is 0.913 bits per heavy atom. The Kier molecular flexibility index (Phi) is 14.2. The van der Waals surface area contributed by atoms with Crippen LogP contribution in [-0.4, -0.2) is 118 Å². The summed E-state index contributed by atoms with van der Waals surface area (Å²) in [6.07, 6.45) is 9.72. The van der Waals surface area contributed by atoms with Crippen molar-refractivity contribution >= 4 is 79.9 Å². The van der Waals surface area contributed by atoms with E-state index in [2.05, 4.69) is 73.8 Å². The van der Waals surface area contributed by atoms with Gasteiger partial charge in [-0.1, -0.05) is 18.2 Å². The first kappa shape index (κ1) is 48.2. The predicted molar refractivity (Wildman–Crippen MR) is 270 cm³/mol. The molecule has 19 heteroatoms. The third kappa shape index (κ3) is 10.8. The van der Waals surface area contributed by atoms with Gasteiger partial charge in [-0.25, -0.2) is 13.8 Å². The maximum atomic E-state index is 15.2. The summed E-state index contributed by atoms with van der Waals surface area (Å²) in [7, 11) is -0.858. The molecule has 3 aromatic carbocycles. The van der Waals surface area contributed by atoms with Gasteiger partial charge >= 0.3 is 0 Å². The highest BCUT2D eigenvalue weighted by atomic mass is 79.9. The molecule has 1 atom stereocenters. The van der Waals surface area contributed by atoms with Gasteiger partial charge in [0.1, 0.15) is 30.3 Å². The molecular weight excluding hydrogens is 967 g/mol. The van der Waals surface area contributed by atoms with E-state index in [1.807, 2.05) is 57.6 Å². The highest BCUT2D eigenvalue weighted by molar-refractivity contribution is 9.10.